The predicted octanol–water partition coefficient (Wildman–Crippen LogP) is 3.14. The maximum atomic E-state index is 12.3. The second-order valence-electron chi connectivity index (χ2n) is 8.58. The molecule has 150 valence electrons. The number of amides is 2. The molecule has 1 heterocycles. The van der Waals surface area contributed by atoms with Crippen molar-refractivity contribution in [2.45, 2.75) is 90.5 Å². The maximum absolute atomic E-state index is 12.3. The lowest BCUT2D eigenvalue weighted by Crippen LogP contribution is -2.45. The van der Waals surface area contributed by atoms with E-state index in [0.29, 0.717) is 13.0 Å². The van der Waals surface area contributed by atoms with Crippen LogP contribution in [0.1, 0.15) is 67.2 Å². The van der Waals surface area contributed by atoms with Gasteiger partial charge >= 0.3 is 18.2 Å². The number of rotatable bonds is 5. The smallest absolute Gasteiger partial charge is 0.410 e. The number of carbonyl (C=O) groups excluding carboxylic acids is 2. The molecule has 1 saturated heterocycles. The van der Waals surface area contributed by atoms with E-state index in [1.165, 1.54) is 0 Å². The number of nitrogens with zero attached hydrogens (tertiary/aromatic N) is 1. The number of likely N-dealkylation sites (tertiary alicyclic amines) is 1. The molecule has 1 unspecified atom stereocenters. The third kappa shape index (κ3) is 7.93. The van der Waals surface area contributed by atoms with Crippen LogP contribution >= 0.6 is 0 Å². The predicted molar refractivity (Wildman–Crippen MR) is 96.0 cm³/mol. The first-order chi connectivity index (χ1) is 11.8. The molecule has 8 heteroatoms. The van der Waals surface area contributed by atoms with Crippen LogP contribution in [0.2, 0.25) is 0 Å². The van der Waals surface area contributed by atoms with Crippen LogP contribution in [0.15, 0.2) is 0 Å². The average molecular weight is 372 g/mol. The summed E-state index contributed by atoms with van der Waals surface area (Å²) in [6, 6.07) is -1.15. The fourth-order valence-electron chi connectivity index (χ4n) is 2.76. The van der Waals surface area contributed by atoms with E-state index in [-0.39, 0.29) is 18.6 Å². The van der Waals surface area contributed by atoms with E-state index in [2.05, 4.69) is 5.32 Å². The molecule has 2 amide bonds. The lowest BCUT2D eigenvalue weighted by atomic mass is 10.0. The first-order valence-corrected chi connectivity index (χ1v) is 9.00. The number of aliphatic carboxylic acids is 1. The summed E-state index contributed by atoms with van der Waals surface area (Å²) in [5, 5.41) is 11.7. The lowest BCUT2D eigenvalue weighted by Gasteiger charge is -2.29. The van der Waals surface area contributed by atoms with Crippen LogP contribution in [0.3, 0.4) is 0 Å². The number of ether oxygens (including phenoxy) is 2. The van der Waals surface area contributed by atoms with Gasteiger partial charge in [0.25, 0.3) is 0 Å². The summed E-state index contributed by atoms with van der Waals surface area (Å²) >= 11 is 0. The Kier molecular flexibility index (Phi) is 7.29. The largest absolute Gasteiger partial charge is 0.480 e. The van der Waals surface area contributed by atoms with Crippen molar-refractivity contribution in [1.82, 2.24) is 10.2 Å². The molecule has 2 atom stereocenters. The third-order valence-corrected chi connectivity index (χ3v) is 3.78. The van der Waals surface area contributed by atoms with Gasteiger partial charge in [-0.05, 0) is 67.2 Å². The van der Waals surface area contributed by atoms with Crippen molar-refractivity contribution >= 4 is 18.2 Å². The maximum Gasteiger partial charge on any atom is 0.410 e. The number of hydrogen-bond acceptors (Lipinski definition) is 5. The Hall–Kier alpha value is -1.99. The van der Waals surface area contributed by atoms with Gasteiger partial charge in [-0.25, -0.2) is 14.4 Å². The molecule has 0 bridgehead atoms. The molecule has 0 aromatic rings. The fourth-order valence-corrected chi connectivity index (χ4v) is 2.76. The zero-order chi connectivity index (χ0) is 20.1. The topological polar surface area (TPSA) is 105 Å². The molecule has 26 heavy (non-hydrogen) atoms. The first kappa shape index (κ1) is 22.1. The Morgan fingerprint density at radius 1 is 1.12 bits per heavy atom. The second kappa shape index (κ2) is 8.60. The molecule has 1 rings (SSSR count). The van der Waals surface area contributed by atoms with Crippen LogP contribution in [-0.4, -0.2) is 58.0 Å². The highest BCUT2D eigenvalue weighted by atomic mass is 16.6. The van der Waals surface area contributed by atoms with Crippen LogP contribution in [0.25, 0.3) is 0 Å². The van der Waals surface area contributed by atoms with Crippen molar-refractivity contribution in [3.05, 3.63) is 0 Å². The van der Waals surface area contributed by atoms with E-state index in [4.69, 9.17) is 9.47 Å². The summed E-state index contributed by atoms with van der Waals surface area (Å²) < 4.78 is 10.5. The highest BCUT2D eigenvalue weighted by molar-refractivity contribution is 5.80. The molecule has 0 aliphatic carbocycles. The van der Waals surface area contributed by atoms with Gasteiger partial charge in [0.15, 0.2) is 0 Å². The Morgan fingerprint density at radius 3 is 2.19 bits per heavy atom. The second-order valence-corrected chi connectivity index (χ2v) is 8.58. The van der Waals surface area contributed by atoms with Crippen LogP contribution in [0, 0.1) is 0 Å². The van der Waals surface area contributed by atoms with E-state index in [1.807, 2.05) is 0 Å². The summed E-state index contributed by atoms with van der Waals surface area (Å²) in [6.45, 7) is 11.1. The number of hydrogen-bond donors (Lipinski definition) is 2. The number of carboxylic acid groups (broad SMARTS) is 1. The summed E-state index contributed by atoms with van der Waals surface area (Å²) in [7, 11) is 0. The highest BCUT2D eigenvalue weighted by Crippen LogP contribution is 2.24. The van der Waals surface area contributed by atoms with E-state index in [9.17, 15) is 19.5 Å². The van der Waals surface area contributed by atoms with Gasteiger partial charge in [0.05, 0.1) is 0 Å². The minimum absolute atomic E-state index is 0.0906. The molecular weight excluding hydrogens is 340 g/mol. The standard InChI is InChI=1S/C18H32N2O6/c1-17(2,3)25-15(23)19-13(14(21)22)10-9-12-8-7-11-20(12)16(24)26-18(4,5)6/h12-13H,7-11H2,1-6H3,(H,19,23)(H,21,22)/t12?,13-/m0/s1. The van der Waals surface area contributed by atoms with Gasteiger partial charge in [0.1, 0.15) is 17.2 Å². The number of alkyl carbamates (subject to hydrolysis) is 1. The van der Waals surface area contributed by atoms with Gasteiger partial charge < -0.3 is 24.8 Å². The van der Waals surface area contributed by atoms with Crippen LogP contribution < -0.4 is 5.32 Å². The van der Waals surface area contributed by atoms with Crippen molar-refractivity contribution in [2.24, 2.45) is 0 Å². The van der Waals surface area contributed by atoms with Crippen molar-refractivity contribution in [3.8, 4) is 0 Å². The van der Waals surface area contributed by atoms with Gasteiger partial charge in [-0.15, -0.1) is 0 Å². The molecule has 8 nitrogen and oxygen atoms in total. The molecule has 0 aromatic carbocycles. The van der Waals surface area contributed by atoms with Gasteiger partial charge in [-0.2, -0.15) is 0 Å². The Morgan fingerprint density at radius 2 is 1.69 bits per heavy atom. The molecule has 0 radical (unpaired) electrons. The normalized spacial score (nSPS) is 19.0. The monoisotopic (exact) mass is 372 g/mol. The van der Waals surface area contributed by atoms with Crippen LogP contribution in [0.4, 0.5) is 9.59 Å². The zero-order valence-corrected chi connectivity index (χ0v) is 16.6. The molecule has 2 N–H and O–H groups in total. The number of carboxylic acids is 1. The molecule has 0 saturated carbocycles. The van der Waals surface area contributed by atoms with Crippen molar-refractivity contribution in [3.63, 3.8) is 0 Å². The van der Waals surface area contributed by atoms with Gasteiger partial charge in [-0.1, -0.05) is 0 Å². The Balaban J connectivity index is 2.61. The highest BCUT2D eigenvalue weighted by Gasteiger charge is 2.33. The number of nitrogens with one attached hydrogen (secondary N) is 1. The molecule has 0 aromatic heterocycles. The third-order valence-electron chi connectivity index (χ3n) is 3.78. The molecule has 1 fully saturated rings. The summed E-state index contributed by atoms with van der Waals surface area (Å²) in [5.41, 5.74) is -1.28. The van der Waals surface area contributed by atoms with E-state index >= 15 is 0 Å². The average Bonchev–Trinajstić information content (AvgIpc) is 2.87. The molecular formula is C18H32N2O6. The quantitative estimate of drug-likeness (QED) is 0.768. The number of carbonyl (C=O) groups is 3. The molecule has 1 aliphatic rings. The van der Waals surface area contributed by atoms with Gasteiger partial charge in [0, 0.05) is 12.6 Å². The summed E-state index contributed by atoms with van der Waals surface area (Å²) in [5.74, 6) is -1.13. The lowest BCUT2D eigenvalue weighted by molar-refractivity contribution is -0.139. The van der Waals surface area contributed by atoms with E-state index < -0.39 is 29.3 Å². The summed E-state index contributed by atoms with van der Waals surface area (Å²) in [6.07, 6.45) is 1.16. The molecule has 1 aliphatic heterocycles. The van der Waals surface area contributed by atoms with Crippen LogP contribution in [-0.2, 0) is 14.3 Å². The van der Waals surface area contributed by atoms with E-state index in [0.717, 1.165) is 12.8 Å². The Labute approximate surface area is 155 Å². The zero-order valence-electron chi connectivity index (χ0n) is 16.6. The van der Waals surface area contributed by atoms with E-state index in [1.54, 1.807) is 46.4 Å². The summed E-state index contributed by atoms with van der Waals surface area (Å²) in [4.78, 5) is 37.2. The Bertz CT molecular complexity index is 521. The van der Waals surface area contributed by atoms with Gasteiger partial charge in [-0.3, -0.25) is 0 Å². The fraction of sp³-hybridized carbons (Fsp3) is 0.833. The van der Waals surface area contributed by atoms with Crippen LogP contribution in [0.5, 0.6) is 0 Å². The van der Waals surface area contributed by atoms with Crippen molar-refractivity contribution in [1.29, 1.82) is 0 Å². The molecule has 0 spiro atoms. The van der Waals surface area contributed by atoms with Gasteiger partial charge in [0.2, 0.25) is 0 Å². The van der Waals surface area contributed by atoms with Crippen molar-refractivity contribution < 1.29 is 29.0 Å². The van der Waals surface area contributed by atoms with Crippen molar-refractivity contribution in [2.75, 3.05) is 6.54 Å². The minimum Gasteiger partial charge on any atom is -0.480 e. The first-order valence-electron chi connectivity index (χ1n) is 9.00. The minimum atomic E-state index is -1.13. The SMILES string of the molecule is CC(C)(C)OC(=O)N[C@@H](CCC1CCCN1C(=O)OC(C)(C)C)C(=O)O.